The maximum Gasteiger partial charge on any atom is 0.256 e. The molecular weight excluding hydrogens is 281 g/mol. The first-order chi connectivity index (χ1) is 9.49. The van der Waals surface area contributed by atoms with Crippen LogP contribution >= 0.6 is 11.8 Å². The van der Waals surface area contributed by atoms with Gasteiger partial charge in [-0.3, -0.25) is 0 Å². The van der Waals surface area contributed by atoms with Gasteiger partial charge >= 0.3 is 0 Å². The van der Waals surface area contributed by atoms with E-state index in [9.17, 15) is 4.39 Å². The van der Waals surface area contributed by atoms with Gasteiger partial charge in [0.1, 0.15) is 11.6 Å². The summed E-state index contributed by atoms with van der Waals surface area (Å²) in [6.45, 7) is 3.70. The summed E-state index contributed by atoms with van der Waals surface area (Å²) >= 11 is 1.36. The molecule has 0 spiro atoms. The Labute approximate surface area is 119 Å². The number of rotatable bonds is 4. The van der Waals surface area contributed by atoms with Crippen LogP contribution in [0.25, 0.3) is 0 Å². The SMILES string of the molecule is Cc1nc(SCc2cc(F)cc(/C(N)=N/O)c2)oc1C. The topological polar surface area (TPSA) is 84.6 Å². The molecule has 0 aliphatic carbocycles. The number of amidine groups is 1. The van der Waals surface area contributed by atoms with Gasteiger partial charge in [-0.05, 0) is 37.6 Å². The number of aromatic nitrogens is 1. The molecule has 0 fully saturated rings. The molecule has 2 aromatic rings. The fraction of sp³-hybridized carbons (Fsp3) is 0.231. The number of thioether (sulfide) groups is 1. The molecule has 0 amide bonds. The highest BCUT2D eigenvalue weighted by atomic mass is 32.2. The fourth-order valence-electron chi connectivity index (χ4n) is 1.59. The number of hydrogen-bond donors (Lipinski definition) is 2. The molecule has 1 aromatic carbocycles. The van der Waals surface area contributed by atoms with E-state index in [0.29, 0.717) is 22.1 Å². The van der Waals surface area contributed by atoms with E-state index in [1.165, 1.54) is 23.9 Å². The van der Waals surface area contributed by atoms with Gasteiger partial charge in [0.2, 0.25) is 0 Å². The van der Waals surface area contributed by atoms with E-state index in [1.807, 2.05) is 13.8 Å². The smallest absolute Gasteiger partial charge is 0.256 e. The Morgan fingerprint density at radius 2 is 2.20 bits per heavy atom. The van der Waals surface area contributed by atoms with Crippen molar-refractivity contribution in [2.75, 3.05) is 0 Å². The quantitative estimate of drug-likeness (QED) is 0.298. The van der Waals surface area contributed by atoms with Crippen LogP contribution in [-0.4, -0.2) is 16.0 Å². The average Bonchev–Trinajstić information content (AvgIpc) is 2.74. The van der Waals surface area contributed by atoms with E-state index in [4.69, 9.17) is 15.4 Å². The lowest BCUT2D eigenvalue weighted by atomic mass is 10.1. The maximum atomic E-state index is 13.5. The molecule has 3 N–H and O–H groups in total. The van der Waals surface area contributed by atoms with Gasteiger partial charge in [0, 0.05) is 11.3 Å². The van der Waals surface area contributed by atoms with Gasteiger partial charge in [0.05, 0.1) is 5.69 Å². The van der Waals surface area contributed by atoms with Crippen LogP contribution in [0, 0.1) is 19.7 Å². The summed E-state index contributed by atoms with van der Waals surface area (Å²) in [7, 11) is 0. The zero-order valence-electron chi connectivity index (χ0n) is 11.1. The van der Waals surface area contributed by atoms with Crippen LogP contribution in [0.2, 0.25) is 0 Å². The molecule has 2 rings (SSSR count). The molecule has 0 bridgehead atoms. The zero-order chi connectivity index (χ0) is 14.7. The third kappa shape index (κ3) is 3.30. The average molecular weight is 295 g/mol. The number of aryl methyl sites for hydroxylation is 2. The monoisotopic (exact) mass is 295 g/mol. The van der Waals surface area contributed by atoms with Crippen molar-refractivity contribution in [2.45, 2.75) is 24.8 Å². The maximum absolute atomic E-state index is 13.5. The van der Waals surface area contributed by atoms with Gasteiger partial charge < -0.3 is 15.4 Å². The lowest BCUT2D eigenvalue weighted by Crippen LogP contribution is -2.13. The van der Waals surface area contributed by atoms with Gasteiger partial charge in [0.25, 0.3) is 5.22 Å². The molecule has 0 atom stereocenters. The van der Waals surface area contributed by atoms with E-state index in [1.54, 1.807) is 6.07 Å². The van der Waals surface area contributed by atoms with Crippen LogP contribution in [0.3, 0.4) is 0 Å². The van der Waals surface area contributed by atoms with E-state index in [2.05, 4.69) is 10.1 Å². The third-order valence-electron chi connectivity index (χ3n) is 2.73. The summed E-state index contributed by atoms with van der Waals surface area (Å²) in [4.78, 5) is 4.24. The number of hydrogen-bond acceptors (Lipinski definition) is 5. The Hall–Kier alpha value is -2.02. The molecule has 0 saturated carbocycles. The minimum atomic E-state index is -0.440. The van der Waals surface area contributed by atoms with E-state index < -0.39 is 5.82 Å². The molecule has 0 saturated heterocycles. The van der Waals surface area contributed by atoms with Crippen molar-refractivity contribution in [3.05, 3.63) is 46.6 Å². The number of nitrogens with zero attached hydrogens (tertiary/aromatic N) is 2. The zero-order valence-corrected chi connectivity index (χ0v) is 11.9. The Morgan fingerprint density at radius 3 is 2.80 bits per heavy atom. The van der Waals surface area contributed by atoms with Crippen LogP contribution in [0.1, 0.15) is 22.6 Å². The summed E-state index contributed by atoms with van der Waals surface area (Å²) in [6.07, 6.45) is 0. The van der Waals surface area contributed by atoms with E-state index in [0.717, 1.165) is 11.5 Å². The number of nitrogens with two attached hydrogens (primary N) is 1. The van der Waals surface area contributed by atoms with E-state index >= 15 is 0 Å². The largest absolute Gasteiger partial charge is 0.437 e. The Morgan fingerprint density at radius 1 is 1.45 bits per heavy atom. The molecule has 106 valence electrons. The van der Waals surface area contributed by atoms with Gasteiger partial charge in [-0.15, -0.1) is 0 Å². The second-order valence-electron chi connectivity index (χ2n) is 4.24. The van der Waals surface area contributed by atoms with Crippen molar-refractivity contribution in [1.29, 1.82) is 0 Å². The summed E-state index contributed by atoms with van der Waals surface area (Å²) in [6, 6.07) is 4.26. The molecule has 7 heteroatoms. The van der Waals surface area contributed by atoms with Crippen LogP contribution in [0.4, 0.5) is 4.39 Å². The first kappa shape index (κ1) is 14.4. The minimum Gasteiger partial charge on any atom is -0.437 e. The highest BCUT2D eigenvalue weighted by Crippen LogP contribution is 2.24. The summed E-state index contributed by atoms with van der Waals surface area (Å²) in [5.74, 6) is 0.676. The molecule has 1 aromatic heterocycles. The second kappa shape index (κ2) is 5.96. The van der Waals surface area contributed by atoms with Gasteiger partial charge in [-0.1, -0.05) is 16.9 Å². The van der Waals surface area contributed by atoms with Crippen molar-refractivity contribution in [3.8, 4) is 0 Å². The van der Waals surface area contributed by atoms with Crippen LogP contribution in [0.5, 0.6) is 0 Å². The standard InChI is InChI=1S/C13H14FN3O2S/c1-7-8(2)19-13(16-7)20-6-9-3-10(12(15)17-18)5-11(14)4-9/h3-5,18H,6H2,1-2H3,(H2,15,17). The normalized spacial score (nSPS) is 11.8. The summed E-state index contributed by atoms with van der Waals surface area (Å²) in [5, 5.41) is 12.0. The summed E-state index contributed by atoms with van der Waals surface area (Å²) in [5.41, 5.74) is 7.33. The Bertz CT molecular complexity index is 636. The fourth-order valence-corrected chi connectivity index (χ4v) is 2.43. The summed E-state index contributed by atoms with van der Waals surface area (Å²) < 4.78 is 18.9. The Kier molecular flexibility index (Phi) is 4.29. The molecule has 20 heavy (non-hydrogen) atoms. The molecule has 0 aliphatic heterocycles. The van der Waals surface area contributed by atoms with E-state index in [-0.39, 0.29) is 5.84 Å². The van der Waals surface area contributed by atoms with Crippen molar-refractivity contribution in [2.24, 2.45) is 10.9 Å². The van der Waals surface area contributed by atoms with Crippen molar-refractivity contribution in [3.63, 3.8) is 0 Å². The van der Waals surface area contributed by atoms with Gasteiger partial charge in [-0.25, -0.2) is 9.37 Å². The van der Waals surface area contributed by atoms with Crippen LogP contribution in [0.15, 0.2) is 33.0 Å². The molecular formula is C13H14FN3O2S. The second-order valence-corrected chi connectivity index (χ2v) is 5.17. The molecule has 5 nitrogen and oxygen atoms in total. The number of oxime groups is 1. The first-order valence-corrected chi connectivity index (χ1v) is 6.82. The predicted octanol–water partition coefficient (Wildman–Crippen LogP) is 2.82. The van der Waals surface area contributed by atoms with Gasteiger partial charge in [0.15, 0.2) is 5.84 Å². The highest BCUT2D eigenvalue weighted by Gasteiger charge is 2.09. The number of benzene rings is 1. The van der Waals surface area contributed by atoms with Crippen LogP contribution in [-0.2, 0) is 5.75 Å². The molecule has 0 unspecified atom stereocenters. The number of halogens is 1. The predicted molar refractivity (Wildman–Crippen MR) is 74.4 cm³/mol. The first-order valence-electron chi connectivity index (χ1n) is 5.84. The van der Waals surface area contributed by atoms with Gasteiger partial charge in [-0.2, -0.15) is 0 Å². The molecule has 0 radical (unpaired) electrons. The van der Waals surface area contributed by atoms with Crippen molar-refractivity contribution in [1.82, 2.24) is 4.98 Å². The number of oxazole rings is 1. The van der Waals surface area contributed by atoms with Crippen molar-refractivity contribution >= 4 is 17.6 Å². The minimum absolute atomic E-state index is 0.126. The molecule has 0 aliphatic rings. The Balaban J connectivity index is 2.15. The van der Waals surface area contributed by atoms with Crippen LogP contribution < -0.4 is 5.73 Å². The van der Waals surface area contributed by atoms with Crippen molar-refractivity contribution < 1.29 is 14.0 Å². The molecule has 1 heterocycles. The lowest BCUT2D eigenvalue weighted by molar-refractivity contribution is 0.318. The lowest BCUT2D eigenvalue weighted by Gasteiger charge is -2.04. The third-order valence-corrected chi connectivity index (χ3v) is 3.63. The highest BCUT2D eigenvalue weighted by molar-refractivity contribution is 7.98.